The highest BCUT2D eigenvalue weighted by atomic mass is 16.5. The highest BCUT2D eigenvalue weighted by molar-refractivity contribution is 5.85. The van der Waals surface area contributed by atoms with Crippen molar-refractivity contribution in [2.45, 2.75) is 39.0 Å². The van der Waals surface area contributed by atoms with Gasteiger partial charge < -0.3 is 4.74 Å². The van der Waals surface area contributed by atoms with Crippen LogP contribution in [0.4, 0.5) is 0 Å². The highest BCUT2D eigenvalue weighted by Gasteiger charge is 2.44. The van der Waals surface area contributed by atoms with Crippen LogP contribution in [0.2, 0.25) is 0 Å². The van der Waals surface area contributed by atoms with Crippen molar-refractivity contribution < 1.29 is 14.3 Å². The number of rotatable bonds is 2. The van der Waals surface area contributed by atoms with Gasteiger partial charge in [0.05, 0.1) is 12.5 Å². The van der Waals surface area contributed by atoms with Crippen LogP contribution in [-0.2, 0) is 14.3 Å². The maximum Gasteiger partial charge on any atom is 0.309 e. The van der Waals surface area contributed by atoms with Crippen LogP contribution in [0.5, 0.6) is 0 Å². The van der Waals surface area contributed by atoms with Gasteiger partial charge in [0.25, 0.3) is 0 Å². The first-order valence-corrected chi connectivity index (χ1v) is 5.93. The van der Waals surface area contributed by atoms with Gasteiger partial charge >= 0.3 is 5.97 Å². The third-order valence-corrected chi connectivity index (χ3v) is 3.79. The fourth-order valence-corrected chi connectivity index (χ4v) is 3.10. The molecule has 3 nitrogen and oxygen atoms in total. The third-order valence-electron chi connectivity index (χ3n) is 3.79. The zero-order valence-electron chi connectivity index (χ0n) is 9.20. The van der Waals surface area contributed by atoms with Gasteiger partial charge in [-0.3, -0.25) is 9.59 Å². The number of Topliss-reactive ketones (excluding diaryl/α,β-unsaturated/α-hetero) is 1. The molecule has 0 spiro atoms. The number of hydrogen-bond donors (Lipinski definition) is 0. The average Bonchev–Trinajstić information content (AvgIpc) is 2.61. The standard InChI is InChI=1S/C12H18O3/c1-2-15-12(14)10-5-3-4-9-8(10)6-7-11(9)13/h8-10H,2-7H2,1H3/t8-,9-,10+/m0/s1. The van der Waals surface area contributed by atoms with Crippen LogP contribution in [-0.4, -0.2) is 18.4 Å². The molecule has 0 amide bonds. The molecule has 0 aromatic rings. The molecule has 0 heterocycles. The summed E-state index contributed by atoms with van der Waals surface area (Å²) in [5.41, 5.74) is 0. The van der Waals surface area contributed by atoms with Crippen LogP contribution in [0.1, 0.15) is 39.0 Å². The smallest absolute Gasteiger partial charge is 0.309 e. The Morgan fingerprint density at radius 1 is 1.40 bits per heavy atom. The Kier molecular flexibility index (Phi) is 3.08. The molecular formula is C12H18O3. The molecule has 0 aromatic heterocycles. The van der Waals surface area contributed by atoms with Gasteiger partial charge in [0.15, 0.2) is 0 Å². The van der Waals surface area contributed by atoms with Crippen molar-refractivity contribution in [3.8, 4) is 0 Å². The molecule has 3 atom stereocenters. The lowest BCUT2D eigenvalue weighted by atomic mass is 9.73. The summed E-state index contributed by atoms with van der Waals surface area (Å²) in [7, 11) is 0. The first kappa shape index (κ1) is 10.7. The van der Waals surface area contributed by atoms with E-state index in [0.717, 1.165) is 25.7 Å². The summed E-state index contributed by atoms with van der Waals surface area (Å²) in [6.07, 6.45) is 4.46. The van der Waals surface area contributed by atoms with Gasteiger partial charge in [0.2, 0.25) is 0 Å². The molecule has 15 heavy (non-hydrogen) atoms. The van der Waals surface area contributed by atoms with Crippen LogP contribution < -0.4 is 0 Å². The number of hydrogen-bond acceptors (Lipinski definition) is 3. The molecule has 2 rings (SSSR count). The van der Waals surface area contributed by atoms with E-state index in [2.05, 4.69) is 0 Å². The second-order valence-electron chi connectivity index (χ2n) is 4.56. The Labute approximate surface area is 90.2 Å². The summed E-state index contributed by atoms with van der Waals surface area (Å²) in [6.45, 7) is 2.28. The van der Waals surface area contributed by atoms with E-state index < -0.39 is 0 Å². The molecule has 2 fully saturated rings. The highest BCUT2D eigenvalue weighted by Crippen LogP contribution is 2.43. The Morgan fingerprint density at radius 3 is 2.93 bits per heavy atom. The Bertz CT molecular complexity index is 272. The van der Waals surface area contributed by atoms with Crippen LogP contribution in [0, 0.1) is 17.8 Å². The number of carbonyl (C=O) groups excluding carboxylic acids is 2. The SMILES string of the molecule is CCOC(=O)[C@@H]1CCC[C@@H]2C(=O)CC[C@@H]21. The second-order valence-corrected chi connectivity index (χ2v) is 4.56. The minimum absolute atomic E-state index is 0.00449. The lowest BCUT2D eigenvalue weighted by molar-refractivity contribution is -0.152. The first-order chi connectivity index (χ1) is 7.24. The van der Waals surface area contributed by atoms with E-state index >= 15 is 0 Å². The molecule has 2 saturated carbocycles. The van der Waals surface area contributed by atoms with Gasteiger partial charge in [-0.15, -0.1) is 0 Å². The zero-order valence-corrected chi connectivity index (χ0v) is 9.20. The normalized spacial score (nSPS) is 35.0. The van der Waals surface area contributed by atoms with Crippen molar-refractivity contribution in [3.05, 3.63) is 0 Å². The molecule has 2 aliphatic carbocycles. The van der Waals surface area contributed by atoms with Gasteiger partial charge in [0, 0.05) is 12.3 Å². The molecule has 0 radical (unpaired) electrons. The maximum atomic E-state index is 11.7. The van der Waals surface area contributed by atoms with Crippen LogP contribution in [0.15, 0.2) is 0 Å². The lowest BCUT2D eigenvalue weighted by Gasteiger charge is -2.31. The Morgan fingerprint density at radius 2 is 2.20 bits per heavy atom. The van der Waals surface area contributed by atoms with Crippen molar-refractivity contribution in [3.63, 3.8) is 0 Å². The molecule has 0 aliphatic heterocycles. The number of ketones is 1. The predicted molar refractivity (Wildman–Crippen MR) is 55.2 cm³/mol. The molecule has 0 bridgehead atoms. The van der Waals surface area contributed by atoms with Gasteiger partial charge in [-0.1, -0.05) is 6.42 Å². The van der Waals surface area contributed by atoms with Gasteiger partial charge in [-0.25, -0.2) is 0 Å². The summed E-state index contributed by atoms with van der Waals surface area (Å²) in [5.74, 6) is 0.726. The monoisotopic (exact) mass is 210 g/mol. The predicted octanol–water partition coefficient (Wildman–Crippen LogP) is 1.94. The molecule has 0 aromatic carbocycles. The number of esters is 1. The molecule has 3 heteroatoms. The number of fused-ring (bicyclic) bond motifs is 1. The van der Waals surface area contributed by atoms with Gasteiger partial charge in [-0.2, -0.15) is 0 Å². The summed E-state index contributed by atoms with van der Waals surface area (Å²) >= 11 is 0. The number of carbonyl (C=O) groups is 2. The van der Waals surface area contributed by atoms with Crippen molar-refractivity contribution in [1.82, 2.24) is 0 Å². The fourth-order valence-electron chi connectivity index (χ4n) is 3.10. The van der Waals surface area contributed by atoms with Gasteiger partial charge in [-0.05, 0) is 32.1 Å². The largest absolute Gasteiger partial charge is 0.466 e. The molecule has 0 unspecified atom stereocenters. The van der Waals surface area contributed by atoms with E-state index in [4.69, 9.17) is 4.74 Å². The molecule has 0 saturated heterocycles. The van der Waals surface area contributed by atoms with E-state index in [1.54, 1.807) is 0 Å². The summed E-state index contributed by atoms with van der Waals surface area (Å²) in [6, 6.07) is 0. The Hall–Kier alpha value is -0.860. The molecular weight excluding hydrogens is 192 g/mol. The second kappa shape index (κ2) is 4.33. The Balaban J connectivity index is 2.06. The van der Waals surface area contributed by atoms with E-state index in [1.165, 1.54) is 0 Å². The first-order valence-electron chi connectivity index (χ1n) is 5.93. The lowest BCUT2D eigenvalue weighted by Crippen LogP contribution is -2.33. The van der Waals surface area contributed by atoms with Crippen LogP contribution >= 0.6 is 0 Å². The maximum absolute atomic E-state index is 11.7. The summed E-state index contributed by atoms with van der Waals surface area (Å²) in [5, 5.41) is 0. The topological polar surface area (TPSA) is 43.4 Å². The van der Waals surface area contributed by atoms with E-state index in [9.17, 15) is 9.59 Å². The van der Waals surface area contributed by atoms with Crippen molar-refractivity contribution >= 4 is 11.8 Å². The quantitative estimate of drug-likeness (QED) is 0.654. The molecule has 84 valence electrons. The fraction of sp³-hybridized carbons (Fsp3) is 0.833. The van der Waals surface area contributed by atoms with E-state index in [0.29, 0.717) is 18.8 Å². The van der Waals surface area contributed by atoms with E-state index in [1.807, 2.05) is 6.92 Å². The van der Waals surface area contributed by atoms with Gasteiger partial charge in [0.1, 0.15) is 5.78 Å². The van der Waals surface area contributed by atoms with Crippen molar-refractivity contribution in [2.75, 3.05) is 6.61 Å². The molecule has 0 N–H and O–H groups in total. The zero-order chi connectivity index (χ0) is 10.8. The van der Waals surface area contributed by atoms with Crippen molar-refractivity contribution in [1.29, 1.82) is 0 Å². The van der Waals surface area contributed by atoms with Crippen molar-refractivity contribution in [2.24, 2.45) is 17.8 Å². The van der Waals surface area contributed by atoms with E-state index in [-0.39, 0.29) is 23.7 Å². The summed E-state index contributed by atoms with van der Waals surface area (Å²) in [4.78, 5) is 23.3. The third kappa shape index (κ3) is 1.92. The average molecular weight is 210 g/mol. The minimum Gasteiger partial charge on any atom is -0.466 e. The number of ether oxygens (including phenoxy) is 1. The molecule has 2 aliphatic rings. The van der Waals surface area contributed by atoms with Crippen LogP contribution in [0.25, 0.3) is 0 Å². The minimum atomic E-state index is -0.0816. The summed E-state index contributed by atoms with van der Waals surface area (Å²) < 4.78 is 5.07. The van der Waals surface area contributed by atoms with Crippen LogP contribution in [0.3, 0.4) is 0 Å².